The molecule has 2 N–H and O–H groups in total. The Bertz CT molecular complexity index is 154. The highest BCUT2D eigenvalue weighted by Crippen LogP contribution is 2.32. The molecule has 0 unspecified atom stereocenters. The summed E-state index contributed by atoms with van der Waals surface area (Å²) < 4.78 is 5.33. The zero-order chi connectivity index (χ0) is 8.97. The first kappa shape index (κ1) is 9.48. The van der Waals surface area contributed by atoms with Crippen LogP contribution in [-0.4, -0.2) is 23.8 Å². The Morgan fingerprint density at radius 1 is 1.67 bits per heavy atom. The molecule has 0 aromatic rings. The lowest BCUT2D eigenvalue weighted by Crippen LogP contribution is -2.34. The van der Waals surface area contributed by atoms with E-state index in [1.807, 2.05) is 6.92 Å². The number of amides is 1. The van der Waals surface area contributed by atoms with E-state index in [0.717, 1.165) is 19.4 Å². The van der Waals surface area contributed by atoms with Crippen LogP contribution in [-0.2, 0) is 9.53 Å². The molecule has 4 heteroatoms. The molecule has 1 aliphatic carbocycles. The summed E-state index contributed by atoms with van der Waals surface area (Å²) in [5.74, 6) is 0.101. The molecule has 1 amide bonds. The predicted octanol–water partition coefficient (Wildman–Crippen LogP) is 0.697. The summed E-state index contributed by atoms with van der Waals surface area (Å²) in [7, 11) is 0. The van der Waals surface area contributed by atoms with Gasteiger partial charge in [-0.2, -0.15) is 0 Å². The quantitative estimate of drug-likeness (QED) is 0.486. The van der Waals surface area contributed by atoms with E-state index in [1.54, 1.807) is 5.48 Å². The maximum Gasteiger partial charge on any atom is 0.243 e. The summed E-state index contributed by atoms with van der Waals surface area (Å²) in [4.78, 5) is 10.7. The van der Waals surface area contributed by atoms with Crippen LogP contribution in [0.1, 0.15) is 26.2 Å². The number of carbonyl (C=O) groups is 1. The standard InChI is InChI=1S/C8H15NO3/c1-2-12-7-3-6(4-7)5-8(10)9-11/h6-7,11H,2-5H2,1H3,(H,9,10). The normalized spacial score (nSPS) is 27.8. The van der Waals surface area contributed by atoms with Crippen LogP contribution in [0.25, 0.3) is 0 Å². The lowest BCUT2D eigenvalue weighted by Gasteiger charge is -2.34. The van der Waals surface area contributed by atoms with Crippen molar-refractivity contribution < 1.29 is 14.7 Å². The molecule has 0 radical (unpaired) electrons. The molecule has 0 spiro atoms. The topological polar surface area (TPSA) is 58.6 Å². The Hall–Kier alpha value is -0.610. The van der Waals surface area contributed by atoms with Crippen molar-refractivity contribution >= 4 is 5.91 Å². The van der Waals surface area contributed by atoms with Gasteiger partial charge in [-0.1, -0.05) is 0 Å². The lowest BCUT2D eigenvalue weighted by atomic mass is 9.80. The molecule has 4 nitrogen and oxygen atoms in total. The third-order valence-corrected chi connectivity index (χ3v) is 2.19. The van der Waals surface area contributed by atoms with Gasteiger partial charge < -0.3 is 4.74 Å². The number of hydroxylamine groups is 1. The van der Waals surface area contributed by atoms with Gasteiger partial charge in [0, 0.05) is 13.0 Å². The Labute approximate surface area is 71.9 Å². The molecular weight excluding hydrogens is 158 g/mol. The van der Waals surface area contributed by atoms with Gasteiger partial charge in [0.05, 0.1) is 6.10 Å². The highest BCUT2D eigenvalue weighted by Gasteiger charge is 2.30. The van der Waals surface area contributed by atoms with Crippen LogP contribution >= 0.6 is 0 Å². The maximum atomic E-state index is 10.7. The van der Waals surface area contributed by atoms with E-state index in [0.29, 0.717) is 18.4 Å². The van der Waals surface area contributed by atoms with E-state index >= 15 is 0 Å². The molecule has 1 rings (SSSR count). The third-order valence-electron chi connectivity index (χ3n) is 2.19. The predicted molar refractivity (Wildman–Crippen MR) is 42.7 cm³/mol. The first-order valence-electron chi connectivity index (χ1n) is 4.30. The highest BCUT2D eigenvalue weighted by atomic mass is 16.5. The van der Waals surface area contributed by atoms with Crippen LogP contribution in [0.5, 0.6) is 0 Å². The van der Waals surface area contributed by atoms with Crippen LogP contribution in [0.4, 0.5) is 0 Å². The molecule has 12 heavy (non-hydrogen) atoms. The number of hydrogen-bond acceptors (Lipinski definition) is 3. The second kappa shape index (κ2) is 4.42. The number of rotatable bonds is 4. The van der Waals surface area contributed by atoms with Crippen LogP contribution in [0.15, 0.2) is 0 Å². The molecule has 0 aliphatic heterocycles. The van der Waals surface area contributed by atoms with Crippen LogP contribution in [0.2, 0.25) is 0 Å². The van der Waals surface area contributed by atoms with Crippen molar-refractivity contribution in [2.24, 2.45) is 5.92 Å². The minimum absolute atomic E-state index is 0.296. The van der Waals surface area contributed by atoms with Gasteiger partial charge in [-0.15, -0.1) is 0 Å². The van der Waals surface area contributed by atoms with E-state index in [4.69, 9.17) is 9.94 Å². The van der Waals surface area contributed by atoms with Crippen molar-refractivity contribution in [1.82, 2.24) is 5.48 Å². The minimum atomic E-state index is -0.296. The van der Waals surface area contributed by atoms with E-state index < -0.39 is 0 Å². The van der Waals surface area contributed by atoms with E-state index in [9.17, 15) is 4.79 Å². The average Bonchev–Trinajstić information content (AvgIpc) is 2.00. The smallest absolute Gasteiger partial charge is 0.243 e. The fraction of sp³-hybridized carbons (Fsp3) is 0.875. The first-order chi connectivity index (χ1) is 5.76. The van der Waals surface area contributed by atoms with Crippen LogP contribution in [0, 0.1) is 5.92 Å². The van der Waals surface area contributed by atoms with E-state index in [2.05, 4.69) is 0 Å². The molecule has 1 fully saturated rings. The summed E-state index contributed by atoms with van der Waals surface area (Å²) in [5.41, 5.74) is 1.63. The molecule has 0 bridgehead atoms. The summed E-state index contributed by atoms with van der Waals surface area (Å²) in [6.07, 6.45) is 2.65. The van der Waals surface area contributed by atoms with Gasteiger partial charge in [0.1, 0.15) is 0 Å². The monoisotopic (exact) mass is 173 g/mol. The Kier molecular flexibility index (Phi) is 3.49. The zero-order valence-corrected chi connectivity index (χ0v) is 7.25. The summed E-state index contributed by atoms with van der Waals surface area (Å²) in [5, 5.41) is 8.24. The largest absolute Gasteiger partial charge is 0.378 e. The van der Waals surface area contributed by atoms with Gasteiger partial charge in [-0.05, 0) is 25.7 Å². The fourth-order valence-electron chi connectivity index (χ4n) is 1.52. The SMILES string of the molecule is CCOC1CC(CC(=O)NO)C1. The van der Waals surface area contributed by atoms with Crippen molar-refractivity contribution in [1.29, 1.82) is 0 Å². The van der Waals surface area contributed by atoms with Crippen molar-refractivity contribution in [3.8, 4) is 0 Å². The molecule has 0 heterocycles. The van der Waals surface area contributed by atoms with Gasteiger partial charge in [0.2, 0.25) is 5.91 Å². The number of hydrogen-bond donors (Lipinski definition) is 2. The highest BCUT2D eigenvalue weighted by molar-refractivity contribution is 5.74. The lowest BCUT2D eigenvalue weighted by molar-refractivity contribution is -0.132. The van der Waals surface area contributed by atoms with Gasteiger partial charge in [0.15, 0.2) is 0 Å². The van der Waals surface area contributed by atoms with Crippen LogP contribution in [0.3, 0.4) is 0 Å². The Morgan fingerprint density at radius 3 is 2.83 bits per heavy atom. The second-order valence-electron chi connectivity index (χ2n) is 3.15. The average molecular weight is 173 g/mol. The summed E-state index contributed by atoms with van der Waals surface area (Å²) >= 11 is 0. The molecule has 0 aromatic carbocycles. The summed E-state index contributed by atoms with van der Waals surface area (Å²) in [6, 6.07) is 0. The van der Waals surface area contributed by atoms with Crippen molar-refractivity contribution in [3.05, 3.63) is 0 Å². The van der Waals surface area contributed by atoms with E-state index in [-0.39, 0.29) is 5.91 Å². The number of nitrogens with one attached hydrogen (secondary N) is 1. The van der Waals surface area contributed by atoms with Gasteiger partial charge >= 0.3 is 0 Å². The molecule has 70 valence electrons. The van der Waals surface area contributed by atoms with Gasteiger partial charge in [-0.3, -0.25) is 10.0 Å². The van der Waals surface area contributed by atoms with Gasteiger partial charge in [-0.25, -0.2) is 5.48 Å². The fourth-order valence-corrected chi connectivity index (χ4v) is 1.52. The minimum Gasteiger partial charge on any atom is -0.378 e. The Balaban J connectivity index is 2.05. The molecule has 0 atom stereocenters. The molecule has 1 aliphatic rings. The van der Waals surface area contributed by atoms with E-state index in [1.165, 1.54) is 0 Å². The first-order valence-corrected chi connectivity index (χ1v) is 4.30. The molecule has 0 saturated heterocycles. The van der Waals surface area contributed by atoms with Crippen LogP contribution < -0.4 is 5.48 Å². The van der Waals surface area contributed by atoms with Crippen molar-refractivity contribution in [2.75, 3.05) is 6.61 Å². The second-order valence-corrected chi connectivity index (χ2v) is 3.15. The Morgan fingerprint density at radius 2 is 2.33 bits per heavy atom. The maximum absolute atomic E-state index is 10.7. The zero-order valence-electron chi connectivity index (χ0n) is 7.25. The molecular formula is C8H15NO3. The number of carbonyl (C=O) groups excluding carboxylic acids is 1. The summed E-state index contributed by atoms with van der Waals surface area (Å²) in [6.45, 7) is 2.71. The third kappa shape index (κ3) is 2.46. The molecule has 0 aromatic heterocycles. The number of ether oxygens (including phenoxy) is 1. The molecule has 1 saturated carbocycles. The van der Waals surface area contributed by atoms with Crippen molar-refractivity contribution in [2.45, 2.75) is 32.3 Å². The van der Waals surface area contributed by atoms with Crippen molar-refractivity contribution in [3.63, 3.8) is 0 Å². The van der Waals surface area contributed by atoms with Gasteiger partial charge in [0.25, 0.3) is 0 Å².